The van der Waals surface area contributed by atoms with E-state index < -0.39 is 0 Å². The highest BCUT2D eigenvalue weighted by molar-refractivity contribution is 5.06. The van der Waals surface area contributed by atoms with Crippen LogP contribution in [0, 0.1) is 17.3 Å². The number of rotatable bonds is 2. The van der Waals surface area contributed by atoms with Crippen LogP contribution in [0.3, 0.4) is 0 Å². The third-order valence-corrected chi connectivity index (χ3v) is 6.12. The van der Waals surface area contributed by atoms with Crippen LogP contribution in [0.25, 0.3) is 0 Å². The van der Waals surface area contributed by atoms with E-state index in [1.807, 2.05) is 0 Å². The molecule has 0 aromatic rings. The second-order valence-corrected chi connectivity index (χ2v) is 6.83. The molecule has 2 bridgehead atoms. The first-order valence-electron chi connectivity index (χ1n) is 7.40. The number of fused-ring (bicyclic) bond motifs is 2. The van der Waals surface area contributed by atoms with Crippen LogP contribution in [-0.4, -0.2) is 10.7 Å². The van der Waals surface area contributed by atoms with Crippen LogP contribution in [-0.2, 0) is 0 Å². The third kappa shape index (κ3) is 1.54. The van der Waals surface area contributed by atoms with Crippen molar-refractivity contribution >= 4 is 0 Å². The van der Waals surface area contributed by atoms with Gasteiger partial charge in [-0.05, 0) is 55.8 Å². The molecule has 1 nitrogen and oxygen atoms in total. The molecule has 1 heteroatoms. The van der Waals surface area contributed by atoms with Gasteiger partial charge in [-0.15, -0.1) is 0 Å². The van der Waals surface area contributed by atoms with Gasteiger partial charge in [-0.2, -0.15) is 0 Å². The van der Waals surface area contributed by atoms with Gasteiger partial charge in [-0.1, -0.05) is 32.6 Å². The summed E-state index contributed by atoms with van der Waals surface area (Å²) in [7, 11) is 0. The van der Waals surface area contributed by atoms with Crippen LogP contribution >= 0.6 is 0 Å². The molecule has 3 rings (SSSR count). The van der Waals surface area contributed by atoms with Crippen LogP contribution < -0.4 is 0 Å². The van der Waals surface area contributed by atoms with E-state index in [2.05, 4.69) is 6.92 Å². The Labute approximate surface area is 99.6 Å². The highest BCUT2D eigenvalue weighted by Crippen LogP contribution is 2.62. The molecule has 3 atom stereocenters. The van der Waals surface area contributed by atoms with Crippen molar-refractivity contribution in [3.63, 3.8) is 0 Å². The summed E-state index contributed by atoms with van der Waals surface area (Å²) in [6.45, 7) is 2.36. The lowest BCUT2D eigenvalue weighted by Gasteiger charge is -2.43. The molecular weight excluding hydrogens is 196 g/mol. The zero-order valence-electron chi connectivity index (χ0n) is 10.7. The fourth-order valence-electron chi connectivity index (χ4n) is 5.04. The molecule has 3 aliphatic rings. The molecule has 0 aromatic carbocycles. The van der Waals surface area contributed by atoms with E-state index in [0.29, 0.717) is 11.3 Å². The van der Waals surface area contributed by atoms with Gasteiger partial charge in [-0.3, -0.25) is 0 Å². The van der Waals surface area contributed by atoms with Gasteiger partial charge >= 0.3 is 0 Å². The fourth-order valence-corrected chi connectivity index (χ4v) is 5.04. The Hall–Kier alpha value is -0.0400. The standard InChI is InChI=1S/C15H26O/c1-2-14-9-6-12(10-14)13(11-14)15(16)7-4-3-5-8-15/h12-13,16H,2-11H2,1H3. The summed E-state index contributed by atoms with van der Waals surface area (Å²) in [6.07, 6.45) is 13.0. The molecule has 0 radical (unpaired) electrons. The van der Waals surface area contributed by atoms with Crippen molar-refractivity contribution in [2.24, 2.45) is 17.3 Å². The summed E-state index contributed by atoms with van der Waals surface area (Å²) in [6, 6.07) is 0. The summed E-state index contributed by atoms with van der Waals surface area (Å²) in [4.78, 5) is 0. The van der Waals surface area contributed by atoms with Gasteiger partial charge in [0.2, 0.25) is 0 Å². The van der Waals surface area contributed by atoms with Gasteiger partial charge in [0.1, 0.15) is 0 Å². The molecule has 3 unspecified atom stereocenters. The summed E-state index contributed by atoms with van der Waals surface area (Å²) in [5.74, 6) is 1.52. The maximum atomic E-state index is 10.9. The van der Waals surface area contributed by atoms with E-state index in [4.69, 9.17) is 0 Å². The third-order valence-electron chi connectivity index (χ3n) is 6.12. The molecule has 0 heterocycles. The molecule has 0 amide bonds. The molecule has 3 aliphatic carbocycles. The molecule has 0 aliphatic heterocycles. The number of aliphatic hydroxyl groups is 1. The van der Waals surface area contributed by atoms with Crippen molar-refractivity contribution in [2.45, 2.75) is 76.7 Å². The summed E-state index contributed by atoms with van der Waals surface area (Å²) >= 11 is 0. The lowest BCUT2D eigenvalue weighted by atomic mass is 9.67. The maximum absolute atomic E-state index is 10.9. The van der Waals surface area contributed by atoms with Gasteiger partial charge < -0.3 is 5.11 Å². The Morgan fingerprint density at radius 3 is 2.44 bits per heavy atom. The largest absolute Gasteiger partial charge is 0.390 e. The molecule has 0 saturated heterocycles. The summed E-state index contributed by atoms with van der Waals surface area (Å²) in [5.41, 5.74) is 0.378. The van der Waals surface area contributed by atoms with E-state index in [1.54, 1.807) is 0 Å². The predicted molar refractivity (Wildman–Crippen MR) is 66.2 cm³/mol. The monoisotopic (exact) mass is 222 g/mol. The summed E-state index contributed by atoms with van der Waals surface area (Å²) in [5, 5.41) is 10.9. The second kappa shape index (κ2) is 3.73. The van der Waals surface area contributed by atoms with E-state index in [1.165, 1.54) is 51.4 Å². The van der Waals surface area contributed by atoms with Crippen molar-refractivity contribution in [1.29, 1.82) is 0 Å². The molecule has 16 heavy (non-hydrogen) atoms. The molecule has 3 fully saturated rings. The molecule has 0 aromatic heterocycles. The lowest BCUT2D eigenvalue weighted by molar-refractivity contribution is -0.0719. The average Bonchev–Trinajstić information content (AvgIpc) is 2.89. The average molecular weight is 222 g/mol. The van der Waals surface area contributed by atoms with Gasteiger partial charge in [-0.25, -0.2) is 0 Å². The minimum Gasteiger partial charge on any atom is -0.390 e. The van der Waals surface area contributed by atoms with Gasteiger partial charge in [0.25, 0.3) is 0 Å². The topological polar surface area (TPSA) is 20.2 Å². The Kier molecular flexibility index (Phi) is 2.58. The minimum atomic E-state index is -0.264. The first kappa shape index (κ1) is 11.1. The Morgan fingerprint density at radius 1 is 1.06 bits per heavy atom. The molecular formula is C15H26O. The zero-order chi connectivity index (χ0) is 11.2. The van der Waals surface area contributed by atoms with Gasteiger partial charge in [0, 0.05) is 0 Å². The van der Waals surface area contributed by atoms with Crippen molar-refractivity contribution in [3.8, 4) is 0 Å². The van der Waals surface area contributed by atoms with Crippen molar-refractivity contribution in [2.75, 3.05) is 0 Å². The van der Waals surface area contributed by atoms with Gasteiger partial charge in [0.15, 0.2) is 0 Å². The molecule has 1 N–H and O–H groups in total. The predicted octanol–water partition coefficient (Wildman–Crippen LogP) is 3.90. The van der Waals surface area contributed by atoms with Crippen LogP contribution in [0.5, 0.6) is 0 Å². The number of hydrogen-bond donors (Lipinski definition) is 1. The van der Waals surface area contributed by atoms with Crippen LogP contribution in [0.15, 0.2) is 0 Å². The first-order valence-corrected chi connectivity index (χ1v) is 7.40. The van der Waals surface area contributed by atoms with E-state index >= 15 is 0 Å². The smallest absolute Gasteiger partial charge is 0.0678 e. The van der Waals surface area contributed by atoms with Crippen molar-refractivity contribution < 1.29 is 5.11 Å². The zero-order valence-corrected chi connectivity index (χ0v) is 10.7. The number of hydrogen-bond acceptors (Lipinski definition) is 1. The van der Waals surface area contributed by atoms with Crippen LogP contribution in [0.2, 0.25) is 0 Å². The van der Waals surface area contributed by atoms with E-state index in [9.17, 15) is 5.11 Å². The quantitative estimate of drug-likeness (QED) is 0.751. The normalized spacial score (nSPS) is 46.1. The second-order valence-electron chi connectivity index (χ2n) is 6.83. The van der Waals surface area contributed by atoms with E-state index in [0.717, 1.165) is 18.8 Å². The van der Waals surface area contributed by atoms with Crippen LogP contribution in [0.4, 0.5) is 0 Å². The minimum absolute atomic E-state index is 0.264. The Bertz CT molecular complexity index is 267. The molecule has 3 saturated carbocycles. The summed E-state index contributed by atoms with van der Waals surface area (Å²) < 4.78 is 0. The van der Waals surface area contributed by atoms with Crippen LogP contribution in [0.1, 0.15) is 71.1 Å². The van der Waals surface area contributed by atoms with E-state index in [-0.39, 0.29) is 5.60 Å². The van der Waals surface area contributed by atoms with Crippen molar-refractivity contribution in [1.82, 2.24) is 0 Å². The van der Waals surface area contributed by atoms with Crippen molar-refractivity contribution in [3.05, 3.63) is 0 Å². The lowest BCUT2D eigenvalue weighted by Crippen LogP contribution is -2.43. The fraction of sp³-hybridized carbons (Fsp3) is 1.00. The molecule has 0 spiro atoms. The molecule has 92 valence electrons. The highest BCUT2D eigenvalue weighted by atomic mass is 16.3. The SMILES string of the molecule is CCC12CCC(C1)C(C1(O)CCCCC1)C2. The first-order chi connectivity index (χ1) is 7.68. The van der Waals surface area contributed by atoms with Gasteiger partial charge in [0.05, 0.1) is 5.60 Å². The Morgan fingerprint density at radius 2 is 1.81 bits per heavy atom. The highest BCUT2D eigenvalue weighted by Gasteiger charge is 2.55. The maximum Gasteiger partial charge on any atom is 0.0678 e. The Balaban J connectivity index is 1.77.